The predicted molar refractivity (Wildman–Crippen MR) is 92.0 cm³/mol. The van der Waals surface area contributed by atoms with Crippen LogP contribution >= 0.6 is 31.9 Å². The van der Waals surface area contributed by atoms with Crippen molar-refractivity contribution < 1.29 is 9.47 Å². The fourth-order valence-electron chi connectivity index (χ4n) is 1.95. The van der Waals surface area contributed by atoms with Crippen LogP contribution in [0, 0.1) is 0 Å². The Balaban J connectivity index is 1.81. The second-order valence-electron chi connectivity index (χ2n) is 4.42. The molecule has 0 unspecified atom stereocenters. The van der Waals surface area contributed by atoms with E-state index >= 15 is 0 Å². The van der Waals surface area contributed by atoms with Crippen molar-refractivity contribution in [1.29, 1.82) is 0 Å². The lowest BCUT2D eigenvalue weighted by molar-refractivity contribution is 0.313. The number of hydrogen-bond donors (Lipinski definition) is 1. The Hall–Kier alpha value is -1.04. The zero-order valence-corrected chi connectivity index (χ0v) is 14.9. The highest BCUT2D eigenvalue weighted by molar-refractivity contribution is 9.11. The molecule has 3 nitrogen and oxygen atoms in total. The molecular weight excluding hydrogens is 398 g/mol. The lowest BCUT2D eigenvalue weighted by atomic mass is 10.2. The lowest BCUT2D eigenvalue weighted by Gasteiger charge is -2.12. The first kappa shape index (κ1) is 16.3. The van der Waals surface area contributed by atoms with E-state index in [1.807, 2.05) is 36.4 Å². The molecule has 0 bridgehead atoms. The van der Waals surface area contributed by atoms with Crippen molar-refractivity contribution >= 4 is 31.9 Å². The molecule has 0 fully saturated rings. The topological polar surface area (TPSA) is 30.5 Å². The Morgan fingerprint density at radius 2 is 1.86 bits per heavy atom. The normalized spacial score (nSPS) is 10.4. The molecule has 112 valence electrons. The Labute approximate surface area is 141 Å². The van der Waals surface area contributed by atoms with E-state index in [1.165, 1.54) is 0 Å². The molecule has 0 saturated heterocycles. The number of rotatable bonds is 7. The zero-order valence-electron chi connectivity index (χ0n) is 11.7. The van der Waals surface area contributed by atoms with Crippen LogP contribution in [0.2, 0.25) is 0 Å². The summed E-state index contributed by atoms with van der Waals surface area (Å²) in [6.07, 6.45) is 0. The summed E-state index contributed by atoms with van der Waals surface area (Å²) in [5.41, 5.74) is 1.10. The van der Waals surface area contributed by atoms with Gasteiger partial charge in [0.1, 0.15) is 18.1 Å². The van der Waals surface area contributed by atoms with E-state index in [9.17, 15) is 0 Å². The number of ether oxygens (including phenoxy) is 2. The van der Waals surface area contributed by atoms with Crippen molar-refractivity contribution in [3.05, 3.63) is 57.0 Å². The van der Waals surface area contributed by atoms with Gasteiger partial charge in [-0.05, 0) is 40.2 Å². The van der Waals surface area contributed by atoms with Crippen LogP contribution in [0.3, 0.4) is 0 Å². The monoisotopic (exact) mass is 413 g/mol. The maximum atomic E-state index is 5.64. The van der Waals surface area contributed by atoms with Crippen LogP contribution < -0.4 is 14.8 Å². The third-order valence-corrected chi connectivity index (χ3v) is 3.94. The molecule has 1 N–H and O–H groups in total. The maximum absolute atomic E-state index is 5.64. The highest BCUT2D eigenvalue weighted by Gasteiger charge is 2.08. The number of benzene rings is 2. The molecule has 0 aromatic heterocycles. The second-order valence-corrected chi connectivity index (χ2v) is 6.19. The smallest absolute Gasteiger partial charge is 0.137 e. The van der Waals surface area contributed by atoms with Crippen molar-refractivity contribution in [3.63, 3.8) is 0 Å². The van der Waals surface area contributed by atoms with Crippen LogP contribution in [0.25, 0.3) is 0 Å². The van der Waals surface area contributed by atoms with E-state index < -0.39 is 0 Å². The molecule has 0 aliphatic heterocycles. The summed E-state index contributed by atoms with van der Waals surface area (Å²) in [5.74, 6) is 1.75. The highest BCUT2D eigenvalue weighted by atomic mass is 79.9. The molecule has 0 saturated carbocycles. The second kappa shape index (κ2) is 8.41. The minimum Gasteiger partial charge on any atom is -0.495 e. The first-order valence-electron chi connectivity index (χ1n) is 6.61. The van der Waals surface area contributed by atoms with Crippen molar-refractivity contribution in [2.45, 2.75) is 6.54 Å². The van der Waals surface area contributed by atoms with E-state index in [4.69, 9.17) is 9.47 Å². The summed E-state index contributed by atoms with van der Waals surface area (Å²) >= 11 is 7.00. The zero-order chi connectivity index (χ0) is 15.1. The summed E-state index contributed by atoms with van der Waals surface area (Å²) in [6, 6.07) is 13.8. The average Bonchev–Trinajstić information content (AvgIpc) is 2.47. The van der Waals surface area contributed by atoms with Gasteiger partial charge in [0, 0.05) is 23.1 Å². The van der Waals surface area contributed by atoms with Crippen molar-refractivity contribution in [1.82, 2.24) is 5.32 Å². The van der Waals surface area contributed by atoms with Crippen LogP contribution in [0.5, 0.6) is 11.5 Å². The molecule has 0 spiro atoms. The molecule has 0 aliphatic carbocycles. The number of para-hydroxylation sites is 1. The standard InChI is InChI=1S/C16H17Br2NO2/c1-20-16-12(9-13(17)10-15(16)18)11-19-7-8-21-14-5-3-2-4-6-14/h2-6,9-10,19H,7-8,11H2,1H3. The maximum Gasteiger partial charge on any atom is 0.137 e. The number of methoxy groups -OCH3 is 1. The molecule has 0 radical (unpaired) electrons. The van der Waals surface area contributed by atoms with Crippen molar-refractivity contribution in [2.75, 3.05) is 20.3 Å². The van der Waals surface area contributed by atoms with Gasteiger partial charge in [0.2, 0.25) is 0 Å². The summed E-state index contributed by atoms with van der Waals surface area (Å²) in [7, 11) is 1.68. The summed E-state index contributed by atoms with van der Waals surface area (Å²) in [4.78, 5) is 0. The fourth-order valence-corrected chi connectivity index (χ4v) is 3.43. The molecule has 2 aromatic rings. The lowest BCUT2D eigenvalue weighted by Crippen LogP contribution is -2.21. The minimum absolute atomic E-state index is 0.626. The summed E-state index contributed by atoms with van der Waals surface area (Å²) in [6.45, 7) is 2.11. The van der Waals surface area contributed by atoms with E-state index in [1.54, 1.807) is 7.11 Å². The van der Waals surface area contributed by atoms with Gasteiger partial charge in [0.25, 0.3) is 0 Å². The Kier molecular flexibility index (Phi) is 6.54. The van der Waals surface area contributed by atoms with Gasteiger partial charge < -0.3 is 14.8 Å². The largest absolute Gasteiger partial charge is 0.495 e. The molecular formula is C16H17Br2NO2. The first-order valence-corrected chi connectivity index (χ1v) is 8.20. The number of halogens is 2. The first-order chi connectivity index (χ1) is 10.2. The SMILES string of the molecule is COc1c(Br)cc(Br)cc1CNCCOc1ccccc1. The molecule has 21 heavy (non-hydrogen) atoms. The predicted octanol–water partition coefficient (Wildman–Crippen LogP) is 4.39. The van der Waals surface area contributed by atoms with Crippen LogP contribution in [-0.4, -0.2) is 20.3 Å². The Morgan fingerprint density at radius 3 is 2.57 bits per heavy atom. The molecule has 2 rings (SSSR count). The number of hydrogen-bond acceptors (Lipinski definition) is 3. The molecule has 0 heterocycles. The molecule has 0 atom stereocenters. The molecule has 2 aromatic carbocycles. The van der Waals surface area contributed by atoms with E-state index in [0.717, 1.165) is 39.1 Å². The highest BCUT2D eigenvalue weighted by Crippen LogP contribution is 2.32. The minimum atomic E-state index is 0.626. The van der Waals surface area contributed by atoms with Gasteiger partial charge in [-0.3, -0.25) is 0 Å². The third-order valence-electron chi connectivity index (χ3n) is 2.90. The van der Waals surface area contributed by atoms with Gasteiger partial charge in [-0.15, -0.1) is 0 Å². The van der Waals surface area contributed by atoms with Crippen LogP contribution in [0.1, 0.15) is 5.56 Å². The molecule has 5 heteroatoms. The quantitative estimate of drug-likeness (QED) is 0.681. The van der Waals surface area contributed by atoms with Crippen LogP contribution in [0.4, 0.5) is 0 Å². The van der Waals surface area contributed by atoms with Gasteiger partial charge in [-0.1, -0.05) is 34.1 Å². The molecule has 0 aliphatic rings. The summed E-state index contributed by atoms with van der Waals surface area (Å²) in [5, 5.41) is 3.35. The third kappa shape index (κ3) is 5.02. The molecule has 0 amide bonds. The van der Waals surface area contributed by atoms with Gasteiger partial charge in [-0.2, -0.15) is 0 Å². The Bertz CT molecular complexity index is 576. The van der Waals surface area contributed by atoms with Gasteiger partial charge in [0.15, 0.2) is 0 Å². The van der Waals surface area contributed by atoms with E-state index in [0.29, 0.717) is 6.61 Å². The number of nitrogens with one attached hydrogen (secondary N) is 1. The van der Waals surface area contributed by atoms with Crippen LogP contribution in [-0.2, 0) is 6.54 Å². The summed E-state index contributed by atoms with van der Waals surface area (Å²) < 4.78 is 13.0. The van der Waals surface area contributed by atoms with E-state index in [2.05, 4.69) is 43.2 Å². The van der Waals surface area contributed by atoms with Crippen molar-refractivity contribution in [3.8, 4) is 11.5 Å². The van der Waals surface area contributed by atoms with Gasteiger partial charge in [0.05, 0.1) is 11.6 Å². The van der Waals surface area contributed by atoms with Gasteiger partial charge in [-0.25, -0.2) is 0 Å². The van der Waals surface area contributed by atoms with E-state index in [-0.39, 0.29) is 0 Å². The van der Waals surface area contributed by atoms with Crippen LogP contribution in [0.15, 0.2) is 51.4 Å². The van der Waals surface area contributed by atoms with Crippen molar-refractivity contribution in [2.24, 2.45) is 0 Å². The average molecular weight is 415 g/mol. The fraction of sp³-hybridized carbons (Fsp3) is 0.250. The Morgan fingerprint density at radius 1 is 1.10 bits per heavy atom. The van der Waals surface area contributed by atoms with Gasteiger partial charge >= 0.3 is 0 Å².